The van der Waals surface area contributed by atoms with Gasteiger partial charge in [0.2, 0.25) is 11.8 Å². The van der Waals surface area contributed by atoms with Crippen LogP contribution < -0.4 is 36.4 Å². The van der Waals surface area contributed by atoms with Gasteiger partial charge in [-0.25, -0.2) is 10.9 Å². The number of likely N-dealkylation sites (N-methyl/N-ethyl adjacent to an activating group) is 1. The summed E-state index contributed by atoms with van der Waals surface area (Å²) in [5, 5.41) is 33.8. The Labute approximate surface area is 367 Å². The summed E-state index contributed by atoms with van der Waals surface area (Å²) in [6.45, 7) is 12.1. The molecule has 7 rings (SSSR count). The van der Waals surface area contributed by atoms with Gasteiger partial charge in [0, 0.05) is 57.1 Å². The second-order valence-corrected chi connectivity index (χ2v) is 17.1. The van der Waals surface area contributed by atoms with Gasteiger partial charge in [0.1, 0.15) is 24.0 Å². The van der Waals surface area contributed by atoms with E-state index in [0.29, 0.717) is 28.9 Å². The number of halogens is 1. The molecular formula is C43H59ClN10O4Os. The van der Waals surface area contributed by atoms with Crippen LogP contribution in [-0.2, 0) is 29.4 Å². The third kappa shape index (κ3) is 9.98. The van der Waals surface area contributed by atoms with Crippen LogP contribution in [-0.4, -0.2) is 103 Å². The molecule has 4 fully saturated rings. The average molecular weight is 1010 g/mol. The summed E-state index contributed by atoms with van der Waals surface area (Å²) < 4.78 is 5.52. The van der Waals surface area contributed by atoms with E-state index in [1.807, 2.05) is 27.3 Å². The van der Waals surface area contributed by atoms with Crippen molar-refractivity contribution in [2.75, 3.05) is 31.6 Å². The Morgan fingerprint density at radius 2 is 1.88 bits per heavy atom. The van der Waals surface area contributed by atoms with Crippen LogP contribution >= 0.6 is 11.6 Å². The van der Waals surface area contributed by atoms with E-state index in [0.717, 1.165) is 68.6 Å². The number of rotatable bonds is 13. The van der Waals surface area contributed by atoms with Crippen LogP contribution in [0.2, 0.25) is 5.02 Å². The van der Waals surface area contributed by atoms with Gasteiger partial charge in [-0.05, 0) is 75.3 Å². The molecule has 0 aromatic heterocycles. The van der Waals surface area contributed by atoms with Crippen LogP contribution in [0.25, 0.3) is 0 Å². The van der Waals surface area contributed by atoms with Crippen molar-refractivity contribution in [1.82, 2.24) is 31.7 Å². The van der Waals surface area contributed by atoms with E-state index in [1.165, 1.54) is 0 Å². The smallest absolute Gasteiger partial charge is 0.659 e. The summed E-state index contributed by atoms with van der Waals surface area (Å²) in [5.74, 6) is 0.443. The van der Waals surface area contributed by atoms with Gasteiger partial charge in [-0.1, -0.05) is 36.6 Å². The summed E-state index contributed by atoms with van der Waals surface area (Å²) >= 11 is 6.18. The summed E-state index contributed by atoms with van der Waals surface area (Å²) in [4.78, 5) is 36.1. The number of carbonyl (C=O) groups excluding carboxylic acids is 2. The number of fused-ring (bicyclic) bond motifs is 1. The van der Waals surface area contributed by atoms with Crippen LogP contribution in [0.3, 0.4) is 0 Å². The predicted octanol–water partition coefficient (Wildman–Crippen LogP) is 4.34. The van der Waals surface area contributed by atoms with Crippen molar-refractivity contribution in [2.45, 2.75) is 121 Å². The van der Waals surface area contributed by atoms with E-state index < -0.39 is 23.0 Å². The van der Waals surface area contributed by atoms with Gasteiger partial charge < -0.3 is 36.5 Å². The number of ether oxygens (including phenoxy) is 1. The van der Waals surface area contributed by atoms with Gasteiger partial charge in [0.15, 0.2) is 6.17 Å². The van der Waals surface area contributed by atoms with E-state index in [4.69, 9.17) is 26.6 Å². The Hall–Kier alpha value is -3.17. The first-order valence-electron chi connectivity index (χ1n) is 21.0. The monoisotopic (exact) mass is 1010 g/mol. The molecule has 1 aliphatic carbocycles. The van der Waals surface area contributed by atoms with Gasteiger partial charge in [0.25, 0.3) is 0 Å². The Kier molecular flexibility index (Phi) is 15.1. The molecule has 2 aromatic carbocycles. The first kappa shape index (κ1) is 45.4. The van der Waals surface area contributed by atoms with Crippen LogP contribution in [0.15, 0.2) is 47.5 Å². The summed E-state index contributed by atoms with van der Waals surface area (Å²) in [7, 11) is 2.13. The molecule has 1 saturated carbocycles. The fraction of sp³-hybridized carbons (Fsp3) is 0.581. The zero-order chi connectivity index (χ0) is 41.1. The maximum Gasteiger partial charge on any atom is 2.00 e. The molecule has 0 spiro atoms. The van der Waals surface area contributed by atoms with Crippen LogP contribution in [0.4, 0.5) is 5.69 Å². The van der Waals surface area contributed by atoms with E-state index in [1.54, 1.807) is 18.2 Å². The summed E-state index contributed by atoms with van der Waals surface area (Å²) in [6.07, 6.45) is 6.55. The second kappa shape index (κ2) is 19.7. The topological polar surface area (TPSA) is 169 Å². The number of carbonyl (C=O) groups is 2. The van der Waals surface area contributed by atoms with Crippen molar-refractivity contribution in [1.29, 1.82) is 5.26 Å². The number of nitrogens with zero attached hydrogens (tertiary/aromatic N) is 5. The summed E-state index contributed by atoms with van der Waals surface area (Å²) in [6, 6.07) is 15.4. The van der Waals surface area contributed by atoms with E-state index in [9.17, 15) is 14.8 Å². The number of anilines is 1. The maximum absolute atomic E-state index is 14.5. The maximum atomic E-state index is 14.5. The zero-order valence-electron chi connectivity index (χ0n) is 34.6. The van der Waals surface area contributed by atoms with Crippen LogP contribution in [0.1, 0.15) is 83.8 Å². The number of likely N-dealkylation sites (tertiary alicyclic amines) is 1. The largest absolute Gasteiger partial charge is 2.00 e. The van der Waals surface area contributed by atoms with Crippen molar-refractivity contribution in [3.8, 4) is 11.8 Å². The first-order chi connectivity index (χ1) is 27.9. The minimum absolute atomic E-state index is 0. The predicted molar refractivity (Wildman–Crippen MR) is 225 cm³/mol. The molecule has 16 heteroatoms. The van der Waals surface area contributed by atoms with Gasteiger partial charge in [-0.2, -0.15) is 18.1 Å². The van der Waals surface area contributed by atoms with Crippen molar-refractivity contribution in [3.05, 3.63) is 76.8 Å². The average Bonchev–Trinajstić information content (AvgIpc) is 3.76. The number of amides is 2. The minimum atomic E-state index is -0.623. The zero-order valence-corrected chi connectivity index (χ0v) is 37.9. The Balaban J connectivity index is 0.00000585. The first-order valence-corrected chi connectivity index (χ1v) is 21.4. The number of benzene rings is 2. The second-order valence-electron chi connectivity index (χ2n) is 16.7. The number of hydrazine groups is 1. The van der Waals surface area contributed by atoms with Crippen molar-refractivity contribution in [3.63, 3.8) is 0 Å². The Bertz CT molecular complexity index is 1850. The SMILES string of the molecule is C[CH-]C(C)C1[CH-][N+]2([O-])C(C)NNC2[C@H](CC(=O)NCC)N=C1c1ccc(N(C)C2CN(C3CCC(C(=O)NC4CCC(Oc5ccc(C#N)c(Cl)c5)CC4)N3)C2)cc1.[Os+2]. The third-order valence-electron chi connectivity index (χ3n) is 13.0. The fourth-order valence-electron chi connectivity index (χ4n) is 9.13. The molecule has 2 amide bonds. The Morgan fingerprint density at radius 3 is 2.54 bits per heavy atom. The van der Waals surface area contributed by atoms with E-state index in [-0.39, 0.29) is 74.2 Å². The molecule has 59 heavy (non-hydrogen) atoms. The number of hydrogen-bond donors (Lipinski definition) is 5. The molecule has 5 N–H and O–H groups in total. The molecule has 3 saturated heterocycles. The number of quaternary nitrogens is 1. The van der Waals surface area contributed by atoms with Gasteiger partial charge >= 0.3 is 19.8 Å². The van der Waals surface area contributed by atoms with Crippen LogP contribution in [0.5, 0.6) is 5.75 Å². The standard InChI is InChI=1S/C43H59ClN10O4.Os/c1-6-26(3)35-25-54(57)27(4)50-51-42(54)38(21-40(55)46-7-2)49-41(35)28-8-13-31(14-9-28)52(5)32-23-53(24-32)39-19-18-37(48-39)43(56)47-30-11-16-33(17-12-30)58-34-15-10-29(22-45)36(44)20-34;/h6,8-10,13-15,20,25-27,30,32-33,35,37-39,42,48,50-51H,7,11-12,16-19,21,23-24H2,1-5H3,(H,46,55)(H,47,56);/q-2;+2/t26?,27?,30?,33?,35?,37?,38-,39?,42?,54?;/m0./s1. The number of hydroxylamine groups is 3. The molecule has 2 aromatic rings. The molecule has 4 aliphatic heterocycles. The normalized spacial score (nSPS) is 31.3. The third-order valence-corrected chi connectivity index (χ3v) is 13.3. The van der Waals surface area contributed by atoms with Crippen molar-refractivity contribution >= 4 is 34.8 Å². The molecule has 8 atom stereocenters. The molecular weight excluding hydrogens is 946 g/mol. The molecule has 5 aliphatic rings. The molecule has 14 nitrogen and oxygen atoms in total. The quantitative estimate of drug-likeness (QED) is 0.111. The number of nitrogens with one attached hydrogen (secondary N) is 5. The van der Waals surface area contributed by atoms with Gasteiger partial charge in [-0.15, -0.1) is 6.54 Å². The summed E-state index contributed by atoms with van der Waals surface area (Å²) in [5.41, 5.74) is 9.61. The molecule has 320 valence electrons. The number of nitriles is 1. The Morgan fingerprint density at radius 1 is 1.15 bits per heavy atom. The minimum Gasteiger partial charge on any atom is -0.659 e. The van der Waals surface area contributed by atoms with E-state index >= 15 is 0 Å². The molecule has 4 heterocycles. The fourth-order valence-corrected chi connectivity index (χ4v) is 9.34. The van der Waals surface area contributed by atoms with Crippen LogP contribution in [0, 0.1) is 41.3 Å². The van der Waals surface area contributed by atoms with E-state index in [2.05, 4.69) is 87.3 Å². The number of hydrogen-bond acceptors (Lipinski definition) is 11. The van der Waals surface area contributed by atoms with Gasteiger partial charge in [-0.3, -0.25) is 24.8 Å². The molecule has 0 bridgehead atoms. The molecule has 0 radical (unpaired) electrons. The number of aliphatic imine (C=N–C) groups is 1. The van der Waals surface area contributed by atoms with Crippen molar-refractivity contribution < 1.29 is 38.8 Å². The van der Waals surface area contributed by atoms with Crippen molar-refractivity contribution in [2.24, 2.45) is 16.8 Å². The molecule has 7 unspecified atom stereocenters. The van der Waals surface area contributed by atoms with Gasteiger partial charge in [0.05, 0.1) is 41.4 Å².